The lowest BCUT2D eigenvalue weighted by molar-refractivity contribution is 0.414. The zero-order valence-electron chi connectivity index (χ0n) is 19.8. The summed E-state index contributed by atoms with van der Waals surface area (Å²) in [5.74, 6) is -0.649. The molecule has 5 aromatic rings. The van der Waals surface area contributed by atoms with Gasteiger partial charge < -0.3 is 10.1 Å². The van der Waals surface area contributed by atoms with Gasteiger partial charge in [-0.25, -0.2) is 23.1 Å². The first kappa shape index (κ1) is 24.5. The molecule has 0 unspecified atom stereocenters. The molecule has 0 saturated heterocycles. The molecule has 7 nitrogen and oxygen atoms in total. The summed E-state index contributed by atoms with van der Waals surface area (Å²) in [7, 11) is 1.52. The topological polar surface area (TPSA) is 74.0 Å². The van der Waals surface area contributed by atoms with Crippen molar-refractivity contribution in [3.05, 3.63) is 111 Å². The summed E-state index contributed by atoms with van der Waals surface area (Å²) >= 11 is 6.24. The molecule has 0 spiro atoms. The molecule has 0 aliphatic rings. The van der Waals surface area contributed by atoms with E-state index in [9.17, 15) is 13.6 Å². The maximum absolute atomic E-state index is 14.4. The van der Waals surface area contributed by atoms with Gasteiger partial charge in [-0.05, 0) is 42.3 Å². The number of aromatic nitrogens is 4. The highest BCUT2D eigenvalue weighted by atomic mass is 35.5. The van der Waals surface area contributed by atoms with E-state index in [1.165, 1.54) is 28.5 Å². The molecule has 1 N–H and O–H groups in total. The second-order valence-corrected chi connectivity index (χ2v) is 8.68. The maximum Gasteiger partial charge on any atom is 0.335 e. The first-order valence-corrected chi connectivity index (χ1v) is 11.9. The molecular formula is C27H22ClF2N5O2. The molecule has 0 fully saturated rings. The standard InChI is InChI=1S/C27H22ClF2N5O2/c1-37-19-8-4-7-18(14-19)35-25-24(34(27(35)36)16-20-22(29)10-5-11-23(20)30)15-32-26(33-25)31-13-12-17-6-2-3-9-21(17)28/h2-11,14-15H,12-13,16H2,1H3,(H,31,32,33). The molecule has 0 bridgehead atoms. The number of rotatable bonds is 8. The van der Waals surface area contributed by atoms with E-state index >= 15 is 0 Å². The lowest BCUT2D eigenvalue weighted by atomic mass is 10.1. The maximum atomic E-state index is 14.4. The van der Waals surface area contributed by atoms with Crippen molar-refractivity contribution in [2.75, 3.05) is 19.0 Å². The number of anilines is 1. The van der Waals surface area contributed by atoms with Crippen molar-refractivity contribution in [3.8, 4) is 11.4 Å². The number of hydrogen-bond donors (Lipinski definition) is 1. The molecule has 0 radical (unpaired) electrons. The van der Waals surface area contributed by atoms with Crippen LogP contribution in [0.2, 0.25) is 5.02 Å². The van der Waals surface area contributed by atoms with Crippen molar-refractivity contribution in [2.45, 2.75) is 13.0 Å². The summed E-state index contributed by atoms with van der Waals surface area (Å²) in [5.41, 5.74) is 1.33. The Hall–Kier alpha value is -4.24. The summed E-state index contributed by atoms with van der Waals surface area (Å²) in [5, 5.41) is 3.83. The third-order valence-corrected chi connectivity index (χ3v) is 6.37. The molecule has 0 saturated carbocycles. The monoisotopic (exact) mass is 521 g/mol. The van der Waals surface area contributed by atoms with Crippen molar-refractivity contribution in [1.82, 2.24) is 19.1 Å². The molecule has 10 heteroatoms. The Balaban J connectivity index is 1.57. The Morgan fingerprint density at radius 2 is 1.78 bits per heavy atom. The Morgan fingerprint density at radius 1 is 1.03 bits per heavy atom. The van der Waals surface area contributed by atoms with Gasteiger partial charge in [0, 0.05) is 23.2 Å². The van der Waals surface area contributed by atoms with E-state index in [0.717, 1.165) is 17.7 Å². The van der Waals surface area contributed by atoms with Crippen LogP contribution in [0.5, 0.6) is 5.75 Å². The quantitative estimate of drug-likeness (QED) is 0.303. The first-order chi connectivity index (χ1) is 18.0. The van der Waals surface area contributed by atoms with E-state index in [-0.39, 0.29) is 17.8 Å². The van der Waals surface area contributed by atoms with Crippen molar-refractivity contribution in [2.24, 2.45) is 0 Å². The predicted molar refractivity (Wildman–Crippen MR) is 139 cm³/mol. The van der Waals surface area contributed by atoms with Crippen molar-refractivity contribution < 1.29 is 13.5 Å². The first-order valence-electron chi connectivity index (χ1n) is 11.5. The SMILES string of the molecule is COc1cccc(-n2c(=O)n(Cc3c(F)cccc3F)c3cnc(NCCc4ccccc4Cl)nc32)c1. The van der Waals surface area contributed by atoms with Gasteiger partial charge in [-0.2, -0.15) is 4.98 Å². The van der Waals surface area contributed by atoms with Crippen LogP contribution in [0, 0.1) is 11.6 Å². The number of methoxy groups -OCH3 is 1. The number of benzene rings is 3. The molecule has 5 rings (SSSR count). The molecule has 0 aliphatic carbocycles. The van der Waals surface area contributed by atoms with Crippen LogP contribution in [-0.2, 0) is 13.0 Å². The summed E-state index contributed by atoms with van der Waals surface area (Å²) in [4.78, 5) is 22.5. The predicted octanol–water partition coefficient (Wildman–Crippen LogP) is 5.23. The van der Waals surface area contributed by atoms with Gasteiger partial charge in [0.25, 0.3) is 0 Å². The minimum Gasteiger partial charge on any atom is -0.497 e. The van der Waals surface area contributed by atoms with Crippen LogP contribution in [0.1, 0.15) is 11.1 Å². The van der Waals surface area contributed by atoms with Gasteiger partial charge in [0.1, 0.15) is 22.9 Å². The molecule has 0 atom stereocenters. The zero-order chi connectivity index (χ0) is 25.9. The van der Waals surface area contributed by atoms with E-state index in [1.807, 2.05) is 24.3 Å². The number of fused-ring (bicyclic) bond motifs is 1. The van der Waals surface area contributed by atoms with Crippen LogP contribution in [0.25, 0.3) is 16.9 Å². The van der Waals surface area contributed by atoms with E-state index in [4.69, 9.17) is 16.3 Å². The van der Waals surface area contributed by atoms with Gasteiger partial charge in [-0.3, -0.25) is 4.57 Å². The Kier molecular flexibility index (Phi) is 6.87. The fraction of sp³-hybridized carbons (Fsp3) is 0.148. The number of imidazole rings is 1. The van der Waals surface area contributed by atoms with Crippen molar-refractivity contribution in [3.63, 3.8) is 0 Å². The Morgan fingerprint density at radius 3 is 2.54 bits per heavy atom. The second kappa shape index (κ2) is 10.4. The third kappa shape index (κ3) is 4.90. The molecule has 2 heterocycles. The van der Waals surface area contributed by atoms with Crippen LogP contribution >= 0.6 is 11.6 Å². The van der Waals surface area contributed by atoms with Crippen molar-refractivity contribution in [1.29, 1.82) is 0 Å². The van der Waals surface area contributed by atoms with Crippen molar-refractivity contribution >= 4 is 28.7 Å². The third-order valence-electron chi connectivity index (χ3n) is 6.00. The summed E-state index contributed by atoms with van der Waals surface area (Å²) in [6.07, 6.45) is 2.11. The van der Waals surface area contributed by atoms with Crippen LogP contribution in [-0.4, -0.2) is 32.8 Å². The smallest absolute Gasteiger partial charge is 0.335 e. The Bertz CT molecular complexity index is 1630. The fourth-order valence-corrected chi connectivity index (χ4v) is 4.34. The van der Waals surface area contributed by atoms with E-state index in [1.54, 1.807) is 24.3 Å². The number of nitrogens with one attached hydrogen (secondary N) is 1. The number of halogens is 3. The summed E-state index contributed by atoms with van der Waals surface area (Å²) in [6.45, 7) is 0.174. The van der Waals surface area contributed by atoms with E-state index in [2.05, 4.69) is 15.3 Å². The molecule has 3 aromatic carbocycles. The van der Waals surface area contributed by atoms with E-state index < -0.39 is 17.3 Å². The normalized spacial score (nSPS) is 11.1. The zero-order valence-corrected chi connectivity index (χ0v) is 20.5. The van der Waals surface area contributed by atoms with Gasteiger partial charge in [0.05, 0.1) is 25.5 Å². The summed E-state index contributed by atoms with van der Waals surface area (Å²) in [6, 6.07) is 18.0. The van der Waals surface area contributed by atoms with Gasteiger partial charge in [0.2, 0.25) is 5.95 Å². The van der Waals surface area contributed by atoms with Gasteiger partial charge in [-0.1, -0.05) is 41.9 Å². The number of ether oxygens (including phenoxy) is 1. The molecule has 0 aliphatic heterocycles. The highest BCUT2D eigenvalue weighted by Gasteiger charge is 2.20. The minimum atomic E-state index is -0.743. The van der Waals surface area contributed by atoms with E-state index in [0.29, 0.717) is 40.9 Å². The fourth-order valence-electron chi connectivity index (χ4n) is 4.11. The average Bonchev–Trinajstić information content (AvgIpc) is 3.17. The molecule has 2 aromatic heterocycles. The van der Waals surface area contributed by atoms with Crippen LogP contribution in [0.4, 0.5) is 14.7 Å². The van der Waals surface area contributed by atoms with Crippen LogP contribution < -0.4 is 15.7 Å². The number of nitrogens with zero attached hydrogens (tertiary/aromatic N) is 4. The number of hydrogen-bond acceptors (Lipinski definition) is 5. The summed E-state index contributed by atoms with van der Waals surface area (Å²) < 4.78 is 36.8. The average molecular weight is 522 g/mol. The van der Waals surface area contributed by atoms with Gasteiger partial charge in [-0.15, -0.1) is 0 Å². The highest BCUT2D eigenvalue weighted by molar-refractivity contribution is 6.31. The lowest BCUT2D eigenvalue weighted by Crippen LogP contribution is -2.24. The Labute approximate surface area is 215 Å². The molecule has 0 amide bonds. The largest absolute Gasteiger partial charge is 0.497 e. The lowest BCUT2D eigenvalue weighted by Gasteiger charge is -2.08. The molecule has 37 heavy (non-hydrogen) atoms. The molecular weight excluding hydrogens is 500 g/mol. The minimum absolute atomic E-state index is 0.226. The highest BCUT2D eigenvalue weighted by Crippen LogP contribution is 2.23. The van der Waals surface area contributed by atoms with Gasteiger partial charge in [0.15, 0.2) is 5.65 Å². The van der Waals surface area contributed by atoms with Crippen LogP contribution in [0.15, 0.2) is 77.7 Å². The second-order valence-electron chi connectivity index (χ2n) is 8.28. The van der Waals surface area contributed by atoms with Gasteiger partial charge >= 0.3 is 5.69 Å². The van der Waals surface area contributed by atoms with Crippen LogP contribution in [0.3, 0.4) is 0 Å². The molecule has 188 valence electrons.